The van der Waals surface area contributed by atoms with Gasteiger partial charge >= 0.3 is 0 Å². The summed E-state index contributed by atoms with van der Waals surface area (Å²) in [6.07, 6.45) is 3.45. The molecule has 0 radical (unpaired) electrons. The Bertz CT molecular complexity index is 418. The Kier molecular flexibility index (Phi) is 3.02. The number of nitrogens with zero attached hydrogens (tertiary/aromatic N) is 7. The molecule has 2 heterocycles. The van der Waals surface area contributed by atoms with Gasteiger partial charge in [-0.25, -0.2) is 0 Å². The molecule has 0 bridgehead atoms. The summed E-state index contributed by atoms with van der Waals surface area (Å²) >= 11 is 0. The second-order valence-electron chi connectivity index (χ2n) is 3.53. The molecule has 2 rings (SSSR count). The fraction of sp³-hybridized carbons (Fsp3) is 0.625. The lowest BCUT2D eigenvalue weighted by Crippen LogP contribution is -2.31. The van der Waals surface area contributed by atoms with Gasteiger partial charge in [0.2, 0.25) is 17.8 Å². The Balaban J connectivity index is 2.28. The molecule has 0 aromatic carbocycles. The van der Waals surface area contributed by atoms with Crippen LogP contribution in [0.25, 0.3) is 10.4 Å². The third-order valence-corrected chi connectivity index (χ3v) is 2.40. The van der Waals surface area contributed by atoms with Gasteiger partial charge in [0, 0.05) is 18.0 Å². The summed E-state index contributed by atoms with van der Waals surface area (Å²) < 4.78 is 0. The monoisotopic (exact) mass is 220 g/mol. The first kappa shape index (κ1) is 10.4. The van der Waals surface area contributed by atoms with E-state index in [2.05, 4.69) is 25.0 Å². The minimum Gasteiger partial charge on any atom is -0.368 e. The van der Waals surface area contributed by atoms with Crippen molar-refractivity contribution in [2.45, 2.75) is 19.3 Å². The topological polar surface area (TPSA) is 117 Å². The third kappa shape index (κ3) is 2.29. The van der Waals surface area contributed by atoms with Crippen molar-refractivity contribution < 1.29 is 0 Å². The van der Waals surface area contributed by atoms with Gasteiger partial charge in [0.1, 0.15) is 0 Å². The maximum absolute atomic E-state index is 8.32. The number of azide groups is 1. The van der Waals surface area contributed by atoms with Crippen molar-refractivity contribution in [3.05, 3.63) is 10.4 Å². The molecular formula is C8H12N8. The summed E-state index contributed by atoms with van der Waals surface area (Å²) in [4.78, 5) is 16.5. The smallest absolute Gasteiger partial charge is 0.230 e. The van der Waals surface area contributed by atoms with Crippen LogP contribution in [0.2, 0.25) is 0 Å². The highest BCUT2D eigenvalue weighted by Gasteiger charge is 2.14. The molecule has 1 aliphatic heterocycles. The van der Waals surface area contributed by atoms with E-state index in [0.717, 1.165) is 25.9 Å². The van der Waals surface area contributed by atoms with E-state index in [9.17, 15) is 0 Å². The fourth-order valence-electron chi connectivity index (χ4n) is 1.69. The highest BCUT2D eigenvalue weighted by molar-refractivity contribution is 5.39. The van der Waals surface area contributed by atoms with Crippen molar-refractivity contribution in [2.75, 3.05) is 23.7 Å². The van der Waals surface area contributed by atoms with Crippen LogP contribution in [0.3, 0.4) is 0 Å². The average molecular weight is 220 g/mol. The Morgan fingerprint density at radius 1 is 1.19 bits per heavy atom. The molecule has 0 unspecified atom stereocenters. The summed E-state index contributed by atoms with van der Waals surface area (Å²) in [6.45, 7) is 1.80. The number of hydrogen-bond acceptors (Lipinski definition) is 6. The van der Waals surface area contributed by atoms with E-state index in [1.807, 2.05) is 4.90 Å². The minimum atomic E-state index is 0.0237. The second kappa shape index (κ2) is 4.63. The van der Waals surface area contributed by atoms with E-state index < -0.39 is 0 Å². The molecule has 8 heteroatoms. The fourth-order valence-corrected chi connectivity index (χ4v) is 1.69. The van der Waals surface area contributed by atoms with Crippen LogP contribution in [-0.4, -0.2) is 28.0 Å². The molecule has 16 heavy (non-hydrogen) atoms. The van der Waals surface area contributed by atoms with E-state index in [1.54, 1.807) is 0 Å². The Labute approximate surface area is 92.1 Å². The van der Waals surface area contributed by atoms with Crippen molar-refractivity contribution in [1.82, 2.24) is 15.0 Å². The third-order valence-electron chi connectivity index (χ3n) is 2.40. The van der Waals surface area contributed by atoms with Gasteiger partial charge in [-0.05, 0) is 29.9 Å². The van der Waals surface area contributed by atoms with Crippen molar-refractivity contribution in [1.29, 1.82) is 0 Å². The SMILES string of the molecule is [N-]=[N+]=Nc1nc(N)nc(N2CCCCC2)n1. The number of rotatable bonds is 2. The van der Waals surface area contributed by atoms with Gasteiger partial charge in [0.05, 0.1) is 0 Å². The van der Waals surface area contributed by atoms with E-state index in [0.29, 0.717) is 5.95 Å². The Morgan fingerprint density at radius 3 is 2.62 bits per heavy atom. The number of nitrogens with two attached hydrogens (primary N) is 1. The molecule has 1 aromatic rings. The highest BCUT2D eigenvalue weighted by atomic mass is 15.3. The largest absolute Gasteiger partial charge is 0.368 e. The van der Waals surface area contributed by atoms with Crippen LogP contribution < -0.4 is 10.6 Å². The molecule has 0 atom stereocenters. The van der Waals surface area contributed by atoms with Gasteiger partial charge < -0.3 is 10.6 Å². The number of nitrogen functional groups attached to an aromatic ring is 1. The van der Waals surface area contributed by atoms with E-state index in [4.69, 9.17) is 11.3 Å². The summed E-state index contributed by atoms with van der Waals surface area (Å²) in [5.74, 6) is 0.600. The molecule has 1 saturated heterocycles. The van der Waals surface area contributed by atoms with Crippen LogP contribution in [-0.2, 0) is 0 Å². The number of hydrogen-bond donors (Lipinski definition) is 1. The van der Waals surface area contributed by atoms with Gasteiger partial charge in [-0.15, -0.1) is 0 Å². The van der Waals surface area contributed by atoms with E-state index in [-0.39, 0.29) is 11.9 Å². The van der Waals surface area contributed by atoms with Gasteiger partial charge in [-0.3, -0.25) is 0 Å². The highest BCUT2D eigenvalue weighted by Crippen LogP contribution is 2.18. The normalized spacial score (nSPS) is 15.6. The number of piperidine rings is 1. The van der Waals surface area contributed by atoms with Crippen LogP contribution in [0, 0.1) is 0 Å². The van der Waals surface area contributed by atoms with Gasteiger partial charge in [-0.2, -0.15) is 15.0 Å². The van der Waals surface area contributed by atoms with Gasteiger partial charge in [0.15, 0.2) is 0 Å². The first-order valence-electron chi connectivity index (χ1n) is 5.11. The first-order chi connectivity index (χ1) is 7.79. The van der Waals surface area contributed by atoms with Crippen LogP contribution >= 0.6 is 0 Å². The predicted octanol–water partition coefficient (Wildman–Crippen LogP) is 1.39. The zero-order valence-electron chi connectivity index (χ0n) is 8.74. The first-order valence-corrected chi connectivity index (χ1v) is 5.11. The van der Waals surface area contributed by atoms with Gasteiger partial charge in [-0.1, -0.05) is 0 Å². The van der Waals surface area contributed by atoms with Crippen molar-refractivity contribution in [3.63, 3.8) is 0 Å². The Hall–Kier alpha value is -2.08. The maximum atomic E-state index is 8.32. The zero-order chi connectivity index (χ0) is 11.4. The zero-order valence-corrected chi connectivity index (χ0v) is 8.74. The van der Waals surface area contributed by atoms with E-state index >= 15 is 0 Å². The van der Waals surface area contributed by atoms with Crippen molar-refractivity contribution in [2.24, 2.45) is 5.11 Å². The predicted molar refractivity (Wildman–Crippen MR) is 59.1 cm³/mol. The molecule has 0 spiro atoms. The van der Waals surface area contributed by atoms with Crippen molar-refractivity contribution in [3.8, 4) is 0 Å². The maximum Gasteiger partial charge on any atom is 0.230 e. The lowest BCUT2D eigenvalue weighted by Gasteiger charge is -2.26. The van der Waals surface area contributed by atoms with Crippen LogP contribution in [0.1, 0.15) is 19.3 Å². The molecule has 1 aliphatic rings. The summed E-state index contributed by atoms with van der Waals surface area (Å²) in [5.41, 5.74) is 13.8. The average Bonchev–Trinajstić information content (AvgIpc) is 2.30. The lowest BCUT2D eigenvalue weighted by atomic mass is 10.1. The molecule has 0 saturated carbocycles. The molecule has 2 N–H and O–H groups in total. The summed E-state index contributed by atoms with van der Waals surface area (Å²) in [6, 6.07) is 0. The van der Waals surface area contributed by atoms with Crippen LogP contribution in [0.15, 0.2) is 5.11 Å². The molecular weight excluding hydrogens is 208 g/mol. The molecule has 0 aliphatic carbocycles. The number of aromatic nitrogens is 3. The van der Waals surface area contributed by atoms with Gasteiger partial charge in [0.25, 0.3) is 0 Å². The Morgan fingerprint density at radius 2 is 1.94 bits per heavy atom. The minimum absolute atomic E-state index is 0.0237. The molecule has 8 nitrogen and oxygen atoms in total. The number of anilines is 2. The molecule has 0 amide bonds. The molecule has 1 fully saturated rings. The van der Waals surface area contributed by atoms with Crippen molar-refractivity contribution >= 4 is 17.8 Å². The van der Waals surface area contributed by atoms with Crippen LogP contribution in [0.4, 0.5) is 17.8 Å². The molecule has 1 aromatic heterocycles. The van der Waals surface area contributed by atoms with E-state index in [1.165, 1.54) is 6.42 Å². The summed E-state index contributed by atoms with van der Waals surface area (Å²) in [5, 5.41) is 3.33. The lowest BCUT2D eigenvalue weighted by molar-refractivity contribution is 0.568. The quantitative estimate of drug-likeness (QED) is 0.459. The molecule has 84 valence electrons. The summed E-state index contributed by atoms with van der Waals surface area (Å²) in [7, 11) is 0. The van der Waals surface area contributed by atoms with Crippen LogP contribution in [0.5, 0.6) is 0 Å². The second-order valence-corrected chi connectivity index (χ2v) is 3.53. The standard InChI is InChI=1S/C8H12N8/c9-6-11-7(14-15-10)13-8(12-6)16-4-2-1-3-5-16/h1-5H2,(H2,9,11,12,13).